The second kappa shape index (κ2) is 5.67. The molecule has 3 aliphatic rings. The van der Waals surface area contributed by atoms with Gasteiger partial charge in [0.15, 0.2) is 12.2 Å². The highest BCUT2D eigenvalue weighted by molar-refractivity contribution is 5.57. The second-order valence-electron chi connectivity index (χ2n) is 7.72. The number of pyridine rings is 1. The molecule has 3 aromatic heterocycles. The molecule has 6 nitrogen and oxygen atoms in total. The number of aromatic nitrogens is 1. The van der Waals surface area contributed by atoms with Crippen molar-refractivity contribution in [3.8, 4) is 0 Å². The Labute approximate surface area is 166 Å². The van der Waals surface area contributed by atoms with Gasteiger partial charge in [-0.2, -0.15) is 4.57 Å². The van der Waals surface area contributed by atoms with Crippen molar-refractivity contribution in [2.24, 2.45) is 0 Å². The fraction of sp³-hybridized carbons (Fsp3) is 0.174. The first-order valence-corrected chi connectivity index (χ1v) is 9.54. The maximum absolute atomic E-state index is 12.0. The number of hydrogen-bond donors (Lipinski definition) is 0. The molecular weight excluding hydrogens is 368 g/mol. The van der Waals surface area contributed by atoms with Gasteiger partial charge in [0.25, 0.3) is 5.69 Å². The molecule has 0 fully saturated rings. The van der Waals surface area contributed by atoms with Gasteiger partial charge in [0.05, 0.1) is 41.3 Å². The average Bonchev–Trinajstić information content (AvgIpc) is 3.47. The fourth-order valence-corrected chi connectivity index (χ4v) is 5.52. The van der Waals surface area contributed by atoms with Crippen molar-refractivity contribution >= 4 is 5.69 Å². The summed E-state index contributed by atoms with van der Waals surface area (Å²) in [5.74, 6) is -0.236. The minimum atomic E-state index is -0.509. The minimum Gasteiger partial charge on any atom is -0.472 e. The molecule has 0 N–H and O–H groups in total. The zero-order valence-corrected chi connectivity index (χ0v) is 15.4. The van der Waals surface area contributed by atoms with Gasteiger partial charge in [-0.25, -0.2) is 0 Å². The van der Waals surface area contributed by atoms with E-state index in [9.17, 15) is 10.1 Å². The van der Waals surface area contributed by atoms with Crippen LogP contribution in [0.2, 0.25) is 0 Å². The van der Waals surface area contributed by atoms with Crippen molar-refractivity contribution in [2.75, 3.05) is 0 Å². The van der Waals surface area contributed by atoms with Crippen LogP contribution in [-0.4, -0.2) is 4.92 Å². The molecule has 0 spiro atoms. The highest BCUT2D eigenvalue weighted by Crippen LogP contribution is 2.60. The predicted octanol–water partition coefficient (Wildman–Crippen LogP) is 4.49. The first-order chi connectivity index (χ1) is 14.2. The molecule has 0 saturated carbocycles. The van der Waals surface area contributed by atoms with Crippen LogP contribution in [0.25, 0.3) is 0 Å². The van der Waals surface area contributed by atoms with Crippen LogP contribution in [-0.2, 0) is 5.41 Å². The van der Waals surface area contributed by atoms with Crippen LogP contribution in [0.15, 0.2) is 88.6 Å². The predicted molar refractivity (Wildman–Crippen MR) is 103 cm³/mol. The molecule has 0 amide bonds. The van der Waals surface area contributed by atoms with Gasteiger partial charge in [-0.1, -0.05) is 24.3 Å². The molecule has 6 heteroatoms. The van der Waals surface area contributed by atoms with Crippen molar-refractivity contribution in [1.82, 2.24) is 0 Å². The van der Waals surface area contributed by atoms with E-state index in [1.165, 1.54) is 5.56 Å². The number of fused-ring (bicyclic) bond motifs is 1. The van der Waals surface area contributed by atoms with Crippen LogP contribution >= 0.6 is 0 Å². The van der Waals surface area contributed by atoms with Crippen LogP contribution in [0.1, 0.15) is 46.3 Å². The molecule has 2 unspecified atom stereocenters. The Hall–Kier alpha value is -3.67. The molecular formula is C23H17N2O4+. The molecule has 2 atom stereocenters. The van der Waals surface area contributed by atoms with E-state index in [4.69, 9.17) is 8.83 Å². The monoisotopic (exact) mass is 385 g/mol. The zero-order chi connectivity index (χ0) is 19.6. The Morgan fingerprint density at radius 2 is 1.66 bits per heavy atom. The third-order valence-electron chi connectivity index (χ3n) is 6.59. The minimum absolute atomic E-state index is 0.0177. The van der Waals surface area contributed by atoms with Crippen LogP contribution in [0, 0.1) is 10.1 Å². The number of nitro groups is 1. The molecule has 0 saturated heterocycles. The van der Waals surface area contributed by atoms with Crippen LogP contribution in [0.3, 0.4) is 0 Å². The summed E-state index contributed by atoms with van der Waals surface area (Å²) in [4.78, 5) is 11.7. The summed E-state index contributed by atoms with van der Waals surface area (Å²) in [5.41, 5.74) is 4.73. The summed E-state index contributed by atoms with van der Waals surface area (Å²) in [6.07, 6.45) is 9.58. The largest absolute Gasteiger partial charge is 0.472 e. The normalized spacial score (nSPS) is 20.8. The van der Waals surface area contributed by atoms with Gasteiger partial charge in [-0.15, -0.1) is 0 Å². The van der Waals surface area contributed by atoms with E-state index in [1.807, 2.05) is 30.5 Å². The third kappa shape index (κ3) is 1.98. The number of furan rings is 2. The van der Waals surface area contributed by atoms with E-state index in [1.54, 1.807) is 37.2 Å². The van der Waals surface area contributed by atoms with Gasteiger partial charge in [0.1, 0.15) is 0 Å². The standard InChI is InChI=1S/C23H17N2O4/c26-25(27)19-6-3-9-24-20-12-23(15-7-10-28-13-15,16-8-11-29-14-16)21(22(19)24)18-5-2-1-4-17(18)20/h1-11,13-14,20-21H,12H2/q+1. The zero-order valence-electron chi connectivity index (χ0n) is 15.4. The summed E-state index contributed by atoms with van der Waals surface area (Å²) < 4.78 is 13.0. The van der Waals surface area contributed by atoms with Crippen molar-refractivity contribution in [2.45, 2.75) is 23.8 Å². The Bertz CT molecular complexity index is 1190. The van der Waals surface area contributed by atoms with Crippen molar-refractivity contribution < 1.29 is 18.3 Å². The highest BCUT2D eigenvalue weighted by atomic mass is 16.6. The van der Waals surface area contributed by atoms with E-state index in [0.29, 0.717) is 0 Å². The molecule has 4 aromatic rings. The Morgan fingerprint density at radius 1 is 0.966 bits per heavy atom. The average molecular weight is 385 g/mol. The highest BCUT2D eigenvalue weighted by Gasteiger charge is 2.62. The van der Waals surface area contributed by atoms with Crippen LogP contribution in [0.4, 0.5) is 5.69 Å². The fourth-order valence-electron chi connectivity index (χ4n) is 5.52. The maximum Gasteiger partial charge on any atom is 0.336 e. The Morgan fingerprint density at radius 3 is 2.28 bits per heavy atom. The molecule has 29 heavy (non-hydrogen) atoms. The quantitative estimate of drug-likeness (QED) is 0.296. The smallest absolute Gasteiger partial charge is 0.336 e. The molecule has 1 aliphatic carbocycles. The summed E-state index contributed by atoms with van der Waals surface area (Å²) in [5, 5.41) is 12.0. The molecule has 5 heterocycles. The van der Waals surface area contributed by atoms with E-state index in [-0.39, 0.29) is 22.6 Å². The first-order valence-electron chi connectivity index (χ1n) is 9.54. The van der Waals surface area contributed by atoms with Gasteiger partial charge in [-0.05, 0) is 17.7 Å². The lowest BCUT2D eigenvalue weighted by molar-refractivity contribution is -0.734. The maximum atomic E-state index is 12.0. The lowest BCUT2D eigenvalue weighted by Gasteiger charge is -2.48. The summed E-state index contributed by atoms with van der Waals surface area (Å²) in [7, 11) is 0. The van der Waals surface area contributed by atoms with Gasteiger partial charge < -0.3 is 8.83 Å². The summed E-state index contributed by atoms with van der Waals surface area (Å²) >= 11 is 0. The number of benzene rings is 1. The Kier molecular flexibility index (Phi) is 3.19. The second-order valence-corrected chi connectivity index (χ2v) is 7.72. The lowest BCUT2D eigenvalue weighted by atomic mass is 9.54. The molecule has 2 aliphatic heterocycles. The van der Waals surface area contributed by atoms with E-state index in [0.717, 1.165) is 28.8 Å². The molecule has 0 radical (unpaired) electrons. The van der Waals surface area contributed by atoms with Crippen LogP contribution in [0.5, 0.6) is 0 Å². The van der Waals surface area contributed by atoms with E-state index >= 15 is 0 Å². The van der Waals surface area contributed by atoms with Gasteiger partial charge in [-0.3, -0.25) is 10.1 Å². The molecule has 142 valence electrons. The third-order valence-corrected chi connectivity index (χ3v) is 6.59. The Balaban J connectivity index is 1.76. The van der Waals surface area contributed by atoms with E-state index in [2.05, 4.69) is 16.7 Å². The van der Waals surface area contributed by atoms with Crippen molar-refractivity contribution in [1.29, 1.82) is 0 Å². The molecule has 1 aromatic carbocycles. The summed E-state index contributed by atoms with van der Waals surface area (Å²) in [6, 6.07) is 15.6. The number of rotatable bonds is 3. The van der Waals surface area contributed by atoms with Gasteiger partial charge >= 0.3 is 5.69 Å². The number of hydrogen-bond acceptors (Lipinski definition) is 4. The van der Waals surface area contributed by atoms with Gasteiger partial charge in [0.2, 0.25) is 0 Å². The first kappa shape index (κ1) is 16.3. The molecule has 2 bridgehead atoms. The van der Waals surface area contributed by atoms with Crippen LogP contribution < -0.4 is 4.57 Å². The van der Waals surface area contributed by atoms with E-state index < -0.39 is 5.41 Å². The number of nitrogens with zero attached hydrogens (tertiary/aromatic N) is 2. The lowest BCUT2D eigenvalue weighted by Crippen LogP contribution is -2.60. The SMILES string of the molecule is O=[N+]([O-])c1ccc[n+]2c1C1c3ccccc3C2CC1(c1ccoc1)c1ccoc1. The van der Waals surface area contributed by atoms with Crippen molar-refractivity contribution in [3.63, 3.8) is 0 Å². The van der Waals surface area contributed by atoms with Crippen molar-refractivity contribution in [3.05, 3.63) is 118 Å². The topological polar surface area (TPSA) is 73.3 Å². The summed E-state index contributed by atoms with van der Waals surface area (Å²) in [6.45, 7) is 0. The molecule has 7 rings (SSSR count). The van der Waals surface area contributed by atoms with Gasteiger partial charge in [0, 0.05) is 35.2 Å².